The van der Waals surface area contributed by atoms with E-state index in [1.54, 1.807) is 17.3 Å². The van der Waals surface area contributed by atoms with E-state index in [4.69, 9.17) is 9.47 Å². The van der Waals surface area contributed by atoms with Gasteiger partial charge in [0.15, 0.2) is 0 Å². The lowest BCUT2D eigenvalue weighted by Gasteiger charge is -2.34. The Kier molecular flexibility index (Phi) is 6.62. The van der Waals surface area contributed by atoms with E-state index < -0.39 is 0 Å². The summed E-state index contributed by atoms with van der Waals surface area (Å²) in [6.45, 7) is 8.00. The maximum absolute atomic E-state index is 12.0. The minimum Gasteiger partial charge on any atom is -0.473 e. The van der Waals surface area contributed by atoms with E-state index in [1.165, 1.54) is 0 Å². The van der Waals surface area contributed by atoms with Crippen molar-refractivity contribution in [3.63, 3.8) is 0 Å². The fourth-order valence-corrected chi connectivity index (χ4v) is 2.73. The van der Waals surface area contributed by atoms with Crippen molar-refractivity contribution in [1.29, 1.82) is 0 Å². The Labute approximate surface area is 145 Å². The molecule has 1 aromatic rings. The lowest BCUT2D eigenvalue weighted by Crippen LogP contribution is -2.42. The van der Waals surface area contributed by atoms with E-state index in [2.05, 4.69) is 25.9 Å². The fraction of sp³-hybridized carbons (Fsp3) is 0.688. The topological polar surface area (TPSA) is 64.5 Å². The molecule has 0 saturated carbocycles. The minimum absolute atomic E-state index is 0.0410. The van der Waals surface area contributed by atoms with Crippen LogP contribution in [0.3, 0.4) is 0 Å². The number of hydrogen-bond acceptors (Lipinski definition) is 5. The van der Waals surface area contributed by atoms with Crippen LogP contribution in [0.1, 0.15) is 33.6 Å². The van der Waals surface area contributed by atoms with E-state index >= 15 is 0 Å². The summed E-state index contributed by atoms with van der Waals surface area (Å²) in [5, 5.41) is 0. The largest absolute Gasteiger partial charge is 0.473 e. The first kappa shape index (κ1) is 18.0. The van der Waals surface area contributed by atoms with Crippen LogP contribution >= 0.6 is 15.9 Å². The summed E-state index contributed by atoms with van der Waals surface area (Å²) in [5.41, 5.74) is 0. The van der Waals surface area contributed by atoms with Crippen LogP contribution in [0.4, 0.5) is 4.79 Å². The van der Waals surface area contributed by atoms with Crippen LogP contribution in [-0.4, -0.2) is 46.8 Å². The highest BCUT2D eigenvalue weighted by Gasteiger charge is 2.28. The van der Waals surface area contributed by atoms with Gasteiger partial charge in [-0.2, -0.15) is 0 Å². The van der Waals surface area contributed by atoms with Crippen LogP contribution in [0, 0.1) is 11.8 Å². The third kappa shape index (κ3) is 5.64. The van der Waals surface area contributed by atoms with Gasteiger partial charge in [0.2, 0.25) is 5.88 Å². The van der Waals surface area contributed by atoms with Crippen LogP contribution in [0.2, 0.25) is 0 Å². The summed E-state index contributed by atoms with van der Waals surface area (Å²) in [5.74, 6) is 1.28. The number of hydrogen-bond donors (Lipinski definition) is 0. The molecule has 0 aliphatic carbocycles. The summed E-state index contributed by atoms with van der Waals surface area (Å²) < 4.78 is 11.8. The smallest absolute Gasteiger partial charge is 0.409 e. The van der Waals surface area contributed by atoms with Crippen molar-refractivity contribution in [2.75, 3.05) is 19.7 Å². The Bertz CT molecular complexity index is 502. The van der Waals surface area contributed by atoms with Gasteiger partial charge in [-0.25, -0.2) is 14.8 Å². The maximum Gasteiger partial charge on any atom is 0.409 e. The fourth-order valence-electron chi connectivity index (χ4n) is 2.53. The molecule has 6 nitrogen and oxygen atoms in total. The molecule has 0 radical (unpaired) electrons. The van der Waals surface area contributed by atoms with E-state index in [9.17, 15) is 4.79 Å². The number of carbonyl (C=O) groups excluding carboxylic acids is 1. The van der Waals surface area contributed by atoms with E-state index in [-0.39, 0.29) is 12.2 Å². The van der Waals surface area contributed by atoms with Crippen LogP contribution in [0.5, 0.6) is 5.88 Å². The number of carbonyl (C=O) groups is 1. The van der Waals surface area contributed by atoms with Gasteiger partial charge < -0.3 is 14.4 Å². The van der Waals surface area contributed by atoms with Gasteiger partial charge in [0.05, 0.1) is 19.0 Å². The van der Waals surface area contributed by atoms with Gasteiger partial charge in [0.1, 0.15) is 10.7 Å². The molecule has 1 aliphatic heterocycles. The van der Waals surface area contributed by atoms with Crippen molar-refractivity contribution in [3.05, 3.63) is 17.0 Å². The average Bonchev–Trinajstić information content (AvgIpc) is 2.55. The standard InChI is InChI=1S/C16H24BrN3O3/c1-11(2)10-22-16(21)20-6-4-13(5-7-20)12(3)23-15-9-18-14(17)8-19-15/h8-9,11-13H,4-7,10H2,1-3H3/t12-/m0/s1. The molecule has 0 bridgehead atoms. The molecule has 1 atom stereocenters. The van der Waals surface area contributed by atoms with Crippen molar-refractivity contribution in [2.24, 2.45) is 11.8 Å². The quantitative estimate of drug-likeness (QED) is 0.775. The summed E-state index contributed by atoms with van der Waals surface area (Å²) in [7, 11) is 0. The highest BCUT2D eigenvalue weighted by molar-refractivity contribution is 9.10. The molecular weight excluding hydrogens is 362 g/mol. The molecule has 1 amide bonds. The maximum atomic E-state index is 12.0. The predicted molar refractivity (Wildman–Crippen MR) is 90.3 cm³/mol. The van der Waals surface area contributed by atoms with Crippen molar-refractivity contribution in [3.8, 4) is 5.88 Å². The first-order chi connectivity index (χ1) is 11.0. The molecule has 1 saturated heterocycles. The molecule has 1 aromatic heterocycles. The SMILES string of the molecule is CC(C)COC(=O)N1CCC([C@H](C)Oc2cnc(Br)cn2)CC1. The Hall–Kier alpha value is -1.37. The zero-order chi connectivity index (χ0) is 16.8. The van der Waals surface area contributed by atoms with Gasteiger partial charge >= 0.3 is 6.09 Å². The van der Waals surface area contributed by atoms with Gasteiger partial charge in [0.25, 0.3) is 0 Å². The second-order valence-electron chi connectivity index (χ2n) is 6.30. The third-order valence-electron chi connectivity index (χ3n) is 3.91. The van der Waals surface area contributed by atoms with E-state index in [0.717, 1.165) is 12.8 Å². The molecule has 23 heavy (non-hydrogen) atoms. The zero-order valence-corrected chi connectivity index (χ0v) is 15.5. The molecule has 7 heteroatoms. The van der Waals surface area contributed by atoms with Crippen molar-refractivity contribution < 1.29 is 14.3 Å². The highest BCUT2D eigenvalue weighted by atomic mass is 79.9. The first-order valence-corrected chi connectivity index (χ1v) is 8.81. The van der Waals surface area contributed by atoms with Crippen molar-refractivity contribution >= 4 is 22.0 Å². The lowest BCUT2D eigenvalue weighted by molar-refractivity contribution is 0.0575. The number of nitrogens with zero attached hydrogens (tertiary/aromatic N) is 3. The Morgan fingerprint density at radius 3 is 2.57 bits per heavy atom. The number of halogens is 1. The summed E-state index contributed by atoms with van der Waals surface area (Å²) in [6.07, 6.45) is 4.88. The van der Waals surface area contributed by atoms with Crippen LogP contribution in [0.15, 0.2) is 17.0 Å². The average molecular weight is 386 g/mol. The van der Waals surface area contributed by atoms with Gasteiger partial charge in [-0.1, -0.05) is 13.8 Å². The molecule has 0 aromatic carbocycles. The van der Waals surface area contributed by atoms with Gasteiger partial charge in [-0.05, 0) is 47.5 Å². The van der Waals surface area contributed by atoms with E-state index in [0.29, 0.717) is 42.0 Å². The Balaban J connectivity index is 1.77. The second kappa shape index (κ2) is 8.47. The molecule has 0 N–H and O–H groups in total. The number of ether oxygens (including phenoxy) is 2. The number of rotatable bonds is 5. The van der Waals surface area contributed by atoms with Crippen molar-refractivity contribution in [2.45, 2.75) is 39.7 Å². The minimum atomic E-state index is -0.204. The predicted octanol–water partition coefficient (Wildman–Crippen LogP) is 3.51. The van der Waals surface area contributed by atoms with Gasteiger partial charge in [0, 0.05) is 13.1 Å². The molecule has 128 valence electrons. The van der Waals surface area contributed by atoms with Crippen LogP contribution in [0.25, 0.3) is 0 Å². The Morgan fingerprint density at radius 1 is 1.30 bits per heavy atom. The third-order valence-corrected chi connectivity index (χ3v) is 4.31. The molecule has 0 spiro atoms. The Morgan fingerprint density at radius 2 is 2.00 bits per heavy atom. The normalized spacial score (nSPS) is 17.2. The lowest BCUT2D eigenvalue weighted by atomic mass is 9.92. The van der Waals surface area contributed by atoms with E-state index in [1.807, 2.05) is 20.8 Å². The number of amides is 1. The molecular formula is C16H24BrN3O3. The number of aromatic nitrogens is 2. The van der Waals surface area contributed by atoms with Crippen LogP contribution in [-0.2, 0) is 4.74 Å². The van der Waals surface area contributed by atoms with Crippen LogP contribution < -0.4 is 4.74 Å². The summed E-state index contributed by atoms with van der Waals surface area (Å²) in [6, 6.07) is 0. The molecule has 2 rings (SSSR count). The molecule has 1 fully saturated rings. The number of likely N-dealkylation sites (tertiary alicyclic amines) is 1. The zero-order valence-electron chi connectivity index (χ0n) is 13.9. The monoisotopic (exact) mass is 385 g/mol. The summed E-state index contributed by atoms with van der Waals surface area (Å²) >= 11 is 3.25. The van der Waals surface area contributed by atoms with Crippen molar-refractivity contribution in [1.82, 2.24) is 14.9 Å². The molecule has 0 unspecified atom stereocenters. The van der Waals surface area contributed by atoms with Gasteiger partial charge in [-0.15, -0.1) is 0 Å². The summed E-state index contributed by atoms with van der Waals surface area (Å²) in [4.78, 5) is 22.0. The number of piperidine rings is 1. The van der Waals surface area contributed by atoms with Gasteiger partial charge in [-0.3, -0.25) is 0 Å². The molecule has 1 aliphatic rings. The highest BCUT2D eigenvalue weighted by Crippen LogP contribution is 2.24. The second-order valence-corrected chi connectivity index (χ2v) is 7.11. The molecule has 2 heterocycles. The first-order valence-electron chi connectivity index (χ1n) is 8.01.